The average Bonchev–Trinajstić information content (AvgIpc) is 2.49. The van der Waals surface area contributed by atoms with Crippen LogP contribution in [0.1, 0.15) is 13.8 Å². The predicted octanol–water partition coefficient (Wildman–Crippen LogP) is 4.01. The van der Waals surface area contributed by atoms with E-state index in [1.165, 1.54) is 5.69 Å². The number of hydrogen-bond acceptors (Lipinski definition) is 2. The van der Waals surface area contributed by atoms with Gasteiger partial charge in [-0.15, -0.1) is 0 Å². The van der Waals surface area contributed by atoms with Crippen LogP contribution >= 0.6 is 0 Å². The molecular formula is C17H20NO. The Balaban J connectivity index is 2.26. The molecule has 0 saturated carbocycles. The van der Waals surface area contributed by atoms with Gasteiger partial charge in [0.15, 0.2) is 0 Å². The standard InChI is InChI=1S/C17H20NO/c1-4-18(5-2)16-11-9-14(10-12-16)15-7-6-8-17(13-15)19-3/h6,8-13H,4-5H2,1-3H3. The van der Waals surface area contributed by atoms with Gasteiger partial charge in [-0.2, -0.15) is 0 Å². The zero-order chi connectivity index (χ0) is 13.7. The van der Waals surface area contributed by atoms with Crippen molar-refractivity contribution in [2.75, 3.05) is 25.1 Å². The summed E-state index contributed by atoms with van der Waals surface area (Å²) in [4.78, 5) is 2.33. The highest BCUT2D eigenvalue weighted by atomic mass is 16.5. The Morgan fingerprint density at radius 2 is 1.74 bits per heavy atom. The van der Waals surface area contributed by atoms with Gasteiger partial charge in [0, 0.05) is 18.8 Å². The molecular weight excluding hydrogens is 234 g/mol. The minimum absolute atomic E-state index is 0.863. The molecule has 19 heavy (non-hydrogen) atoms. The largest absolute Gasteiger partial charge is 0.497 e. The lowest BCUT2D eigenvalue weighted by atomic mass is 10.0. The van der Waals surface area contributed by atoms with E-state index in [-0.39, 0.29) is 0 Å². The number of hydrogen-bond donors (Lipinski definition) is 0. The molecule has 0 aliphatic rings. The summed E-state index contributed by atoms with van der Waals surface area (Å²) < 4.78 is 5.24. The number of rotatable bonds is 5. The summed E-state index contributed by atoms with van der Waals surface area (Å²) in [6, 6.07) is 17.7. The van der Waals surface area contributed by atoms with Crippen molar-refractivity contribution >= 4 is 5.69 Å². The lowest BCUT2D eigenvalue weighted by Gasteiger charge is -2.21. The van der Waals surface area contributed by atoms with Gasteiger partial charge in [-0.05, 0) is 55.3 Å². The monoisotopic (exact) mass is 254 g/mol. The van der Waals surface area contributed by atoms with E-state index in [0.717, 1.165) is 30.0 Å². The quantitative estimate of drug-likeness (QED) is 0.799. The Morgan fingerprint density at radius 3 is 2.32 bits per heavy atom. The van der Waals surface area contributed by atoms with Gasteiger partial charge in [0.05, 0.1) is 7.11 Å². The summed E-state index contributed by atoms with van der Waals surface area (Å²) in [5.41, 5.74) is 3.48. The van der Waals surface area contributed by atoms with Gasteiger partial charge >= 0.3 is 0 Å². The number of anilines is 1. The van der Waals surface area contributed by atoms with Crippen LogP contribution in [0.5, 0.6) is 5.75 Å². The Labute approximate surface area is 115 Å². The van der Waals surface area contributed by atoms with Gasteiger partial charge in [0.25, 0.3) is 0 Å². The molecule has 0 heterocycles. The molecule has 1 radical (unpaired) electrons. The summed E-state index contributed by atoms with van der Waals surface area (Å²) in [6.45, 7) is 6.41. The van der Waals surface area contributed by atoms with Crippen molar-refractivity contribution in [2.24, 2.45) is 0 Å². The van der Waals surface area contributed by atoms with Crippen LogP contribution in [0.15, 0.2) is 42.5 Å². The molecule has 0 unspecified atom stereocenters. The Bertz CT molecular complexity index is 515. The Hall–Kier alpha value is -1.96. The van der Waals surface area contributed by atoms with E-state index in [2.05, 4.69) is 49.1 Å². The molecule has 2 aromatic carbocycles. The second kappa shape index (κ2) is 6.28. The Morgan fingerprint density at radius 1 is 1.05 bits per heavy atom. The molecule has 2 nitrogen and oxygen atoms in total. The van der Waals surface area contributed by atoms with Gasteiger partial charge in [0.1, 0.15) is 5.75 Å². The highest BCUT2D eigenvalue weighted by Gasteiger charge is 2.03. The minimum Gasteiger partial charge on any atom is -0.497 e. The second-order valence-corrected chi connectivity index (χ2v) is 4.36. The molecule has 0 saturated heterocycles. The molecule has 2 heteroatoms. The van der Waals surface area contributed by atoms with Crippen molar-refractivity contribution in [1.82, 2.24) is 0 Å². The minimum atomic E-state index is 0.863. The first-order valence-electron chi connectivity index (χ1n) is 6.69. The third kappa shape index (κ3) is 3.08. The van der Waals surface area contributed by atoms with E-state index in [1.54, 1.807) is 7.11 Å². The zero-order valence-corrected chi connectivity index (χ0v) is 11.8. The van der Waals surface area contributed by atoms with E-state index in [4.69, 9.17) is 4.74 Å². The van der Waals surface area contributed by atoms with Crippen LogP contribution in [-0.2, 0) is 0 Å². The fraction of sp³-hybridized carbons (Fsp3) is 0.294. The van der Waals surface area contributed by atoms with E-state index >= 15 is 0 Å². The Kier molecular flexibility index (Phi) is 4.45. The van der Waals surface area contributed by atoms with Gasteiger partial charge < -0.3 is 9.64 Å². The lowest BCUT2D eigenvalue weighted by molar-refractivity contribution is 0.415. The highest BCUT2D eigenvalue weighted by molar-refractivity contribution is 5.67. The van der Waals surface area contributed by atoms with Crippen molar-refractivity contribution in [2.45, 2.75) is 13.8 Å². The normalized spacial score (nSPS) is 10.3. The molecule has 0 amide bonds. The van der Waals surface area contributed by atoms with Crippen molar-refractivity contribution in [3.8, 4) is 16.9 Å². The molecule has 0 aromatic heterocycles. The topological polar surface area (TPSA) is 12.5 Å². The van der Waals surface area contributed by atoms with Gasteiger partial charge in [-0.3, -0.25) is 0 Å². The molecule has 0 atom stereocenters. The maximum Gasteiger partial charge on any atom is 0.119 e. The van der Waals surface area contributed by atoms with E-state index in [9.17, 15) is 0 Å². The summed E-state index contributed by atoms with van der Waals surface area (Å²) in [6.07, 6.45) is 0. The number of nitrogens with zero attached hydrogens (tertiary/aromatic N) is 1. The van der Waals surface area contributed by atoms with Gasteiger partial charge in [-0.25, -0.2) is 0 Å². The molecule has 99 valence electrons. The maximum absolute atomic E-state index is 5.24. The molecule has 2 aromatic rings. The van der Waals surface area contributed by atoms with Crippen molar-refractivity contribution < 1.29 is 4.74 Å². The van der Waals surface area contributed by atoms with Crippen molar-refractivity contribution in [1.29, 1.82) is 0 Å². The third-order valence-corrected chi connectivity index (χ3v) is 3.32. The first-order chi connectivity index (χ1) is 9.28. The lowest BCUT2D eigenvalue weighted by Crippen LogP contribution is -2.21. The summed E-state index contributed by atoms with van der Waals surface area (Å²) in [5.74, 6) is 0.863. The predicted molar refractivity (Wildman–Crippen MR) is 80.8 cm³/mol. The number of benzene rings is 2. The van der Waals surface area contributed by atoms with Crippen LogP contribution < -0.4 is 9.64 Å². The molecule has 0 aliphatic carbocycles. The maximum atomic E-state index is 5.24. The first kappa shape index (κ1) is 13.5. The molecule has 0 bridgehead atoms. The van der Waals surface area contributed by atoms with E-state index < -0.39 is 0 Å². The highest BCUT2D eigenvalue weighted by Crippen LogP contribution is 2.25. The van der Waals surface area contributed by atoms with E-state index in [1.807, 2.05) is 18.2 Å². The van der Waals surface area contributed by atoms with Crippen LogP contribution in [0.25, 0.3) is 11.1 Å². The zero-order valence-electron chi connectivity index (χ0n) is 11.8. The fourth-order valence-corrected chi connectivity index (χ4v) is 2.18. The molecule has 0 aliphatic heterocycles. The van der Waals surface area contributed by atoms with Crippen LogP contribution in [0.4, 0.5) is 5.69 Å². The summed E-state index contributed by atoms with van der Waals surface area (Å²) in [5, 5.41) is 0. The van der Waals surface area contributed by atoms with Crippen molar-refractivity contribution in [3.63, 3.8) is 0 Å². The van der Waals surface area contributed by atoms with Gasteiger partial charge in [0.2, 0.25) is 0 Å². The summed E-state index contributed by atoms with van der Waals surface area (Å²) in [7, 11) is 1.68. The number of ether oxygens (including phenoxy) is 1. The summed E-state index contributed by atoms with van der Waals surface area (Å²) >= 11 is 0. The van der Waals surface area contributed by atoms with E-state index in [0.29, 0.717) is 0 Å². The van der Waals surface area contributed by atoms with Crippen molar-refractivity contribution in [3.05, 3.63) is 48.5 Å². The average molecular weight is 254 g/mol. The second-order valence-electron chi connectivity index (χ2n) is 4.36. The molecule has 0 spiro atoms. The van der Waals surface area contributed by atoms with Crippen LogP contribution in [0, 0.1) is 6.07 Å². The number of methoxy groups -OCH3 is 1. The fourth-order valence-electron chi connectivity index (χ4n) is 2.18. The van der Waals surface area contributed by atoms with Gasteiger partial charge in [-0.1, -0.05) is 18.2 Å². The molecule has 0 fully saturated rings. The molecule has 0 N–H and O–H groups in total. The first-order valence-corrected chi connectivity index (χ1v) is 6.69. The third-order valence-electron chi connectivity index (χ3n) is 3.32. The van der Waals surface area contributed by atoms with Crippen LogP contribution in [0.3, 0.4) is 0 Å². The SMILES string of the molecule is CCN(CC)c1ccc(-c2[c]ccc(OC)c2)cc1. The van der Waals surface area contributed by atoms with Crippen LogP contribution in [-0.4, -0.2) is 20.2 Å². The smallest absolute Gasteiger partial charge is 0.119 e. The van der Waals surface area contributed by atoms with Crippen LogP contribution in [0.2, 0.25) is 0 Å². The molecule has 2 rings (SSSR count).